The van der Waals surface area contributed by atoms with Crippen molar-refractivity contribution in [3.63, 3.8) is 0 Å². The Bertz CT molecular complexity index is 132. The second-order valence-electron chi connectivity index (χ2n) is 2.40. The van der Waals surface area contributed by atoms with Crippen LogP contribution in [0.4, 0.5) is 0 Å². The minimum absolute atomic E-state index is 0.0363. The fraction of sp³-hybridized carbons (Fsp3) is 0.667. The van der Waals surface area contributed by atoms with Crippen LogP contribution in [0.2, 0.25) is 0 Å². The molecule has 0 heterocycles. The maximum Gasteiger partial charge on any atom is 0.332 e. The van der Waals surface area contributed by atoms with E-state index in [1.54, 1.807) is 0 Å². The molecule has 0 saturated heterocycles. The molecule has 0 spiro atoms. The first kappa shape index (κ1) is 11.2. The van der Waals surface area contributed by atoms with E-state index < -0.39 is 5.97 Å². The zero-order valence-corrected chi connectivity index (χ0v) is 7.54. The second kappa shape index (κ2) is 8.27. The van der Waals surface area contributed by atoms with Crippen LogP contribution in [0, 0.1) is 0 Å². The van der Waals surface area contributed by atoms with Gasteiger partial charge in [-0.1, -0.05) is 26.3 Å². The summed E-state index contributed by atoms with van der Waals surface area (Å²) in [5.41, 5.74) is 0. The van der Waals surface area contributed by atoms with Gasteiger partial charge in [0.15, 0.2) is 6.79 Å². The van der Waals surface area contributed by atoms with Crippen LogP contribution in [-0.4, -0.2) is 19.4 Å². The lowest BCUT2D eigenvalue weighted by atomic mass is 10.3. The molecule has 0 N–H and O–H groups in total. The van der Waals surface area contributed by atoms with Crippen molar-refractivity contribution >= 4 is 5.97 Å². The van der Waals surface area contributed by atoms with Gasteiger partial charge in [-0.3, -0.25) is 0 Å². The van der Waals surface area contributed by atoms with Gasteiger partial charge in [0.25, 0.3) is 0 Å². The van der Waals surface area contributed by atoms with Gasteiger partial charge in [0.05, 0.1) is 6.61 Å². The summed E-state index contributed by atoms with van der Waals surface area (Å²) in [6.45, 7) is 6.07. The van der Waals surface area contributed by atoms with E-state index in [4.69, 9.17) is 4.74 Å². The van der Waals surface area contributed by atoms with Crippen LogP contribution in [0.5, 0.6) is 0 Å². The van der Waals surface area contributed by atoms with Crippen molar-refractivity contribution in [1.82, 2.24) is 0 Å². The lowest BCUT2D eigenvalue weighted by Crippen LogP contribution is -2.06. The topological polar surface area (TPSA) is 35.5 Å². The van der Waals surface area contributed by atoms with E-state index in [2.05, 4.69) is 18.2 Å². The molecule has 0 aromatic carbocycles. The van der Waals surface area contributed by atoms with Crippen LogP contribution in [-0.2, 0) is 14.3 Å². The molecule has 0 saturated carbocycles. The fourth-order valence-electron chi connectivity index (χ4n) is 0.672. The number of carbonyl (C=O) groups is 1. The van der Waals surface area contributed by atoms with Gasteiger partial charge in [-0.2, -0.15) is 0 Å². The summed E-state index contributed by atoms with van der Waals surface area (Å²) in [5.74, 6) is -0.439. The summed E-state index contributed by atoms with van der Waals surface area (Å²) < 4.78 is 9.61. The molecule has 0 rings (SSSR count). The number of hydrogen-bond acceptors (Lipinski definition) is 3. The van der Waals surface area contributed by atoms with Crippen molar-refractivity contribution in [2.75, 3.05) is 13.4 Å². The van der Waals surface area contributed by atoms with Crippen LogP contribution >= 0.6 is 0 Å². The number of unbranched alkanes of at least 4 members (excludes halogenated alkanes) is 2. The van der Waals surface area contributed by atoms with Crippen molar-refractivity contribution in [2.24, 2.45) is 0 Å². The Morgan fingerprint density at radius 2 is 2.25 bits per heavy atom. The summed E-state index contributed by atoms with van der Waals surface area (Å²) in [5, 5.41) is 0. The summed E-state index contributed by atoms with van der Waals surface area (Å²) in [6.07, 6.45) is 4.45. The van der Waals surface area contributed by atoms with E-state index in [-0.39, 0.29) is 6.79 Å². The predicted molar refractivity (Wildman–Crippen MR) is 46.6 cm³/mol. The first-order valence-electron chi connectivity index (χ1n) is 4.18. The largest absolute Gasteiger partial charge is 0.435 e. The molecular weight excluding hydrogens is 156 g/mol. The summed E-state index contributed by atoms with van der Waals surface area (Å²) in [6, 6.07) is 0. The number of esters is 1. The van der Waals surface area contributed by atoms with Crippen LogP contribution in [0.1, 0.15) is 26.2 Å². The minimum atomic E-state index is -0.439. The van der Waals surface area contributed by atoms with Gasteiger partial charge in [0.1, 0.15) is 0 Å². The quantitative estimate of drug-likeness (QED) is 0.254. The van der Waals surface area contributed by atoms with Crippen LogP contribution in [0.15, 0.2) is 12.7 Å². The predicted octanol–water partition coefficient (Wildman–Crippen LogP) is 1.88. The monoisotopic (exact) mass is 172 g/mol. The van der Waals surface area contributed by atoms with Gasteiger partial charge in [-0.05, 0) is 6.42 Å². The van der Waals surface area contributed by atoms with Gasteiger partial charge in [0, 0.05) is 6.08 Å². The molecule has 0 radical (unpaired) electrons. The average Bonchev–Trinajstić information content (AvgIpc) is 2.10. The SMILES string of the molecule is C=CC(=O)OCOCCCCC. The second-order valence-corrected chi connectivity index (χ2v) is 2.40. The summed E-state index contributed by atoms with van der Waals surface area (Å²) in [4.78, 5) is 10.5. The lowest BCUT2D eigenvalue weighted by molar-refractivity contribution is -0.150. The highest BCUT2D eigenvalue weighted by molar-refractivity contribution is 5.81. The van der Waals surface area contributed by atoms with Gasteiger partial charge >= 0.3 is 5.97 Å². The van der Waals surface area contributed by atoms with Gasteiger partial charge in [-0.25, -0.2) is 4.79 Å². The van der Waals surface area contributed by atoms with Crippen molar-refractivity contribution in [3.8, 4) is 0 Å². The van der Waals surface area contributed by atoms with E-state index in [0.717, 1.165) is 25.3 Å². The maximum absolute atomic E-state index is 10.5. The van der Waals surface area contributed by atoms with Gasteiger partial charge in [-0.15, -0.1) is 0 Å². The number of rotatable bonds is 7. The number of ether oxygens (including phenoxy) is 2. The Morgan fingerprint density at radius 3 is 2.83 bits per heavy atom. The van der Waals surface area contributed by atoms with Gasteiger partial charge < -0.3 is 9.47 Å². The fourth-order valence-corrected chi connectivity index (χ4v) is 0.672. The molecule has 0 fully saturated rings. The summed E-state index contributed by atoms with van der Waals surface area (Å²) in [7, 11) is 0. The van der Waals surface area contributed by atoms with Crippen LogP contribution < -0.4 is 0 Å². The Balaban J connectivity index is 3.00. The van der Waals surface area contributed by atoms with E-state index in [0.29, 0.717) is 6.61 Å². The Morgan fingerprint density at radius 1 is 1.50 bits per heavy atom. The molecule has 12 heavy (non-hydrogen) atoms. The van der Waals surface area contributed by atoms with E-state index >= 15 is 0 Å². The van der Waals surface area contributed by atoms with E-state index in [9.17, 15) is 4.79 Å². The van der Waals surface area contributed by atoms with Gasteiger partial charge in [0.2, 0.25) is 0 Å². The third-order valence-corrected chi connectivity index (χ3v) is 1.34. The van der Waals surface area contributed by atoms with E-state index in [1.165, 1.54) is 0 Å². The third kappa shape index (κ3) is 7.28. The van der Waals surface area contributed by atoms with Crippen LogP contribution in [0.3, 0.4) is 0 Å². The maximum atomic E-state index is 10.5. The Hall–Kier alpha value is -0.830. The van der Waals surface area contributed by atoms with Crippen LogP contribution in [0.25, 0.3) is 0 Å². The highest BCUT2D eigenvalue weighted by Gasteiger charge is 1.93. The van der Waals surface area contributed by atoms with Crippen molar-refractivity contribution in [2.45, 2.75) is 26.2 Å². The van der Waals surface area contributed by atoms with E-state index in [1.807, 2.05) is 0 Å². The zero-order valence-electron chi connectivity index (χ0n) is 7.54. The normalized spacial score (nSPS) is 9.42. The Kier molecular flexibility index (Phi) is 7.70. The number of carbonyl (C=O) groups excluding carboxylic acids is 1. The first-order chi connectivity index (χ1) is 5.81. The molecule has 0 aliphatic rings. The third-order valence-electron chi connectivity index (χ3n) is 1.34. The van der Waals surface area contributed by atoms with Crippen molar-refractivity contribution in [3.05, 3.63) is 12.7 Å². The molecule has 0 aromatic heterocycles. The standard InChI is InChI=1S/C9H16O3/c1-3-5-6-7-11-8-12-9(10)4-2/h4H,2-3,5-8H2,1H3. The highest BCUT2D eigenvalue weighted by Crippen LogP contribution is 1.94. The molecule has 3 nitrogen and oxygen atoms in total. The molecule has 0 aliphatic carbocycles. The molecular formula is C9H16O3. The molecule has 0 bridgehead atoms. The summed E-state index contributed by atoms with van der Waals surface area (Å²) >= 11 is 0. The lowest BCUT2D eigenvalue weighted by Gasteiger charge is -2.02. The molecule has 0 unspecified atom stereocenters. The molecule has 0 aromatic rings. The van der Waals surface area contributed by atoms with Crippen molar-refractivity contribution < 1.29 is 14.3 Å². The molecule has 0 atom stereocenters. The molecule has 0 aliphatic heterocycles. The van der Waals surface area contributed by atoms with Crippen molar-refractivity contribution in [1.29, 1.82) is 0 Å². The molecule has 3 heteroatoms. The Labute approximate surface area is 73.4 Å². The first-order valence-corrected chi connectivity index (χ1v) is 4.18. The molecule has 70 valence electrons. The highest BCUT2D eigenvalue weighted by atomic mass is 16.7. The number of hydrogen-bond donors (Lipinski definition) is 0. The minimum Gasteiger partial charge on any atom is -0.435 e. The smallest absolute Gasteiger partial charge is 0.332 e. The molecule has 0 amide bonds. The zero-order chi connectivity index (χ0) is 9.23. The average molecular weight is 172 g/mol.